The van der Waals surface area contributed by atoms with Crippen molar-refractivity contribution in [2.75, 3.05) is 5.32 Å². The van der Waals surface area contributed by atoms with E-state index in [1.54, 1.807) is 0 Å². The van der Waals surface area contributed by atoms with Crippen molar-refractivity contribution in [3.05, 3.63) is 11.1 Å². The van der Waals surface area contributed by atoms with Gasteiger partial charge in [0.25, 0.3) is 0 Å². The molecule has 1 rings (SSSR count). The number of carboxylic acids is 1. The van der Waals surface area contributed by atoms with Crippen molar-refractivity contribution in [2.45, 2.75) is 6.18 Å². The second-order valence-electron chi connectivity index (χ2n) is 2.29. The summed E-state index contributed by atoms with van der Waals surface area (Å²) in [6.07, 6.45) is -5.02. The number of carboxylic acid groups (broad SMARTS) is 1. The zero-order valence-corrected chi connectivity index (χ0v) is 7.65. The molecule has 0 unspecified atom stereocenters. The SMILES string of the molecule is O=C(O)c1csc(NC(=O)C(F)(F)F)n1. The Kier molecular flexibility index (Phi) is 2.93. The molecule has 0 atom stereocenters. The van der Waals surface area contributed by atoms with Crippen molar-refractivity contribution in [2.24, 2.45) is 0 Å². The van der Waals surface area contributed by atoms with Gasteiger partial charge in [0.15, 0.2) is 10.8 Å². The molecule has 2 N–H and O–H groups in total. The summed E-state index contributed by atoms with van der Waals surface area (Å²) in [4.78, 5) is 24.0. The number of anilines is 1. The highest BCUT2D eigenvalue weighted by molar-refractivity contribution is 7.14. The monoisotopic (exact) mass is 240 g/mol. The molecule has 0 fully saturated rings. The van der Waals surface area contributed by atoms with E-state index >= 15 is 0 Å². The Labute approximate surface area is 84.5 Å². The molecule has 1 aromatic heterocycles. The van der Waals surface area contributed by atoms with Gasteiger partial charge in [-0.2, -0.15) is 13.2 Å². The van der Waals surface area contributed by atoms with E-state index in [0.717, 1.165) is 5.38 Å². The molecular weight excluding hydrogens is 237 g/mol. The van der Waals surface area contributed by atoms with E-state index in [-0.39, 0.29) is 0 Å². The average molecular weight is 240 g/mol. The highest BCUT2D eigenvalue weighted by Gasteiger charge is 2.39. The fraction of sp³-hybridized carbons (Fsp3) is 0.167. The van der Waals surface area contributed by atoms with Gasteiger partial charge >= 0.3 is 18.1 Å². The lowest BCUT2D eigenvalue weighted by molar-refractivity contribution is -0.167. The van der Waals surface area contributed by atoms with Crippen LogP contribution in [0.4, 0.5) is 18.3 Å². The number of alkyl halides is 3. The molecule has 0 bridgehead atoms. The molecule has 0 spiro atoms. The predicted molar refractivity (Wildman–Crippen MR) is 43.8 cm³/mol. The Morgan fingerprint density at radius 1 is 1.47 bits per heavy atom. The molecule has 0 radical (unpaired) electrons. The molecule has 0 aliphatic carbocycles. The lowest BCUT2D eigenvalue weighted by Gasteiger charge is -2.03. The Morgan fingerprint density at radius 3 is 2.47 bits per heavy atom. The second-order valence-corrected chi connectivity index (χ2v) is 3.15. The Morgan fingerprint density at radius 2 is 2.07 bits per heavy atom. The smallest absolute Gasteiger partial charge is 0.471 e. The highest BCUT2D eigenvalue weighted by atomic mass is 32.1. The van der Waals surface area contributed by atoms with Crippen LogP contribution in [-0.4, -0.2) is 28.1 Å². The zero-order valence-electron chi connectivity index (χ0n) is 6.83. The maximum atomic E-state index is 11.7. The van der Waals surface area contributed by atoms with E-state index in [4.69, 9.17) is 5.11 Å². The summed E-state index contributed by atoms with van der Waals surface area (Å²) in [6.45, 7) is 0. The van der Waals surface area contributed by atoms with Crippen molar-refractivity contribution in [1.82, 2.24) is 4.98 Å². The van der Waals surface area contributed by atoms with Crippen LogP contribution in [0.5, 0.6) is 0 Å². The first-order valence-corrected chi connectivity index (χ1v) is 4.25. The molecule has 5 nitrogen and oxygen atoms in total. The van der Waals surface area contributed by atoms with Crippen LogP contribution in [0.3, 0.4) is 0 Å². The summed E-state index contributed by atoms with van der Waals surface area (Å²) >= 11 is 0.598. The molecule has 0 aliphatic heterocycles. The summed E-state index contributed by atoms with van der Waals surface area (Å²) in [5.41, 5.74) is -0.419. The number of hydrogen-bond acceptors (Lipinski definition) is 4. The third-order valence-electron chi connectivity index (χ3n) is 1.20. The van der Waals surface area contributed by atoms with Crippen LogP contribution < -0.4 is 5.32 Å². The molecule has 1 aromatic rings. The van der Waals surface area contributed by atoms with Gasteiger partial charge in [0.1, 0.15) is 0 Å². The highest BCUT2D eigenvalue weighted by Crippen LogP contribution is 2.20. The van der Waals surface area contributed by atoms with Crippen molar-refractivity contribution in [3.63, 3.8) is 0 Å². The Hall–Kier alpha value is -1.64. The van der Waals surface area contributed by atoms with E-state index in [1.807, 2.05) is 0 Å². The van der Waals surface area contributed by atoms with Gasteiger partial charge in [0, 0.05) is 5.38 Å². The number of rotatable bonds is 2. The fourth-order valence-corrected chi connectivity index (χ4v) is 1.28. The summed E-state index contributed by atoms with van der Waals surface area (Å²) < 4.78 is 35.2. The molecule has 1 amide bonds. The Balaban J connectivity index is 2.74. The van der Waals surface area contributed by atoms with E-state index in [9.17, 15) is 22.8 Å². The largest absolute Gasteiger partial charge is 0.476 e. The van der Waals surface area contributed by atoms with Gasteiger partial charge in [-0.15, -0.1) is 11.3 Å². The van der Waals surface area contributed by atoms with Crippen LogP contribution in [0.25, 0.3) is 0 Å². The molecule has 9 heteroatoms. The van der Waals surface area contributed by atoms with E-state index in [2.05, 4.69) is 4.98 Å². The zero-order chi connectivity index (χ0) is 11.6. The number of carbonyl (C=O) groups excluding carboxylic acids is 1. The van der Waals surface area contributed by atoms with Crippen molar-refractivity contribution >= 4 is 28.3 Å². The quantitative estimate of drug-likeness (QED) is 0.817. The minimum absolute atomic E-state index is 0.408. The van der Waals surface area contributed by atoms with E-state index in [0.29, 0.717) is 11.3 Å². The number of hydrogen-bond donors (Lipinski definition) is 2. The molecule has 0 aliphatic rings. The number of thiazole rings is 1. The number of nitrogens with one attached hydrogen (secondary N) is 1. The number of nitrogens with zero attached hydrogens (tertiary/aromatic N) is 1. The van der Waals surface area contributed by atoms with Gasteiger partial charge in [-0.1, -0.05) is 0 Å². The summed E-state index contributed by atoms with van der Waals surface area (Å²) in [7, 11) is 0. The lowest BCUT2D eigenvalue weighted by atomic mass is 10.5. The minimum atomic E-state index is -5.02. The van der Waals surface area contributed by atoms with Crippen LogP contribution in [0, 0.1) is 0 Å². The fourth-order valence-electron chi connectivity index (χ4n) is 0.597. The standard InChI is InChI=1S/C6H3F3N2O3S/c7-6(8,9)4(14)11-5-10-2(1-15-5)3(12)13/h1H,(H,12,13)(H,10,11,14). The predicted octanol–water partition coefficient (Wildman–Crippen LogP) is 1.34. The van der Waals surface area contributed by atoms with Gasteiger partial charge in [0.05, 0.1) is 0 Å². The van der Waals surface area contributed by atoms with Crippen molar-refractivity contribution in [3.8, 4) is 0 Å². The molecule has 0 saturated heterocycles. The number of aromatic carboxylic acids is 1. The topological polar surface area (TPSA) is 79.3 Å². The molecule has 15 heavy (non-hydrogen) atoms. The number of carbonyl (C=O) groups is 2. The summed E-state index contributed by atoms with van der Waals surface area (Å²) in [6, 6.07) is 0. The van der Waals surface area contributed by atoms with Crippen molar-refractivity contribution in [1.29, 1.82) is 0 Å². The number of aromatic nitrogens is 1. The van der Waals surface area contributed by atoms with Crippen LogP contribution in [-0.2, 0) is 4.79 Å². The molecule has 0 aromatic carbocycles. The average Bonchev–Trinajstić information content (AvgIpc) is 2.50. The normalized spacial score (nSPS) is 11.1. The van der Waals surface area contributed by atoms with Crippen LogP contribution in [0.15, 0.2) is 5.38 Å². The van der Waals surface area contributed by atoms with Gasteiger partial charge in [-0.25, -0.2) is 9.78 Å². The first-order valence-electron chi connectivity index (χ1n) is 3.37. The van der Waals surface area contributed by atoms with Gasteiger partial charge in [-0.05, 0) is 0 Å². The third kappa shape index (κ3) is 2.91. The van der Waals surface area contributed by atoms with E-state index < -0.39 is 28.9 Å². The van der Waals surface area contributed by atoms with Gasteiger partial charge < -0.3 is 5.11 Å². The molecule has 1 heterocycles. The van der Waals surface area contributed by atoms with E-state index in [1.165, 1.54) is 5.32 Å². The van der Waals surface area contributed by atoms with Crippen LogP contribution >= 0.6 is 11.3 Å². The lowest BCUT2D eigenvalue weighted by Crippen LogP contribution is -2.29. The first kappa shape index (κ1) is 11.4. The molecular formula is C6H3F3N2O3S. The van der Waals surface area contributed by atoms with Gasteiger partial charge in [-0.3, -0.25) is 10.1 Å². The maximum absolute atomic E-state index is 11.7. The van der Waals surface area contributed by atoms with Crippen LogP contribution in [0.2, 0.25) is 0 Å². The second kappa shape index (κ2) is 3.85. The first-order chi connectivity index (χ1) is 6.80. The summed E-state index contributed by atoms with van der Waals surface area (Å²) in [5.74, 6) is -3.56. The molecule has 0 saturated carbocycles. The van der Waals surface area contributed by atoms with Crippen molar-refractivity contribution < 1.29 is 27.9 Å². The maximum Gasteiger partial charge on any atom is 0.471 e. The van der Waals surface area contributed by atoms with Gasteiger partial charge in [0.2, 0.25) is 0 Å². The summed E-state index contributed by atoms with van der Waals surface area (Å²) in [5, 5.41) is 10.5. The van der Waals surface area contributed by atoms with Crippen LogP contribution in [0.1, 0.15) is 10.5 Å². The number of amides is 1. The molecule has 82 valence electrons. The number of halogens is 3. The Bertz CT molecular complexity index is 401. The third-order valence-corrected chi connectivity index (χ3v) is 1.96. The minimum Gasteiger partial charge on any atom is -0.476 e.